The summed E-state index contributed by atoms with van der Waals surface area (Å²) in [6, 6.07) is 3.94. The minimum atomic E-state index is 0.252. The van der Waals surface area contributed by atoms with Crippen molar-refractivity contribution in [3.63, 3.8) is 0 Å². The molecule has 0 bridgehead atoms. The molecule has 0 saturated carbocycles. The zero-order valence-electron chi connectivity index (χ0n) is 10.2. The second-order valence-electron chi connectivity index (χ2n) is 4.55. The van der Waals surface area contributed by atoms with Crippen LogP contribution < -0.4 is 5.32 Å². The topological polar surface area (TPSA) is 35.5 Å². The third-order valence-corrected chi connectivity index (χ3v) is 3.78. The van der Waals surface area contributed by atoms with Crippen molar-refractivity contribution in [2.45, 2.75) is 13.3 Å². The Hall–Kier alpha value is -0.770. The maximum absolute atomic E-state index is 9.95. The molecule has 1 aromatic rings. The third kappa shape index (κ3) is 3.12. The normalized spacial score (nSPS) is 17.3. The van der Waals surface area contributed by atoms with Crippen LogP contribution in [-0.4, -0.2) is 42.7 Å². The number of hydrogen-bond acceptors (Lipinski definition) is 3. The maximum atomic E-state index is 9.95. The molecule has 0 atom stereocenters. The summed E-state index contributed by atoms with van der Waals surface area (Å²) in [6.45, 7) is 7.17. The number of aromatic hydroxyl groups is 1. The van der Waals surface area contributed by atoms with Gasteiger partial charge < -0.3 is 15.3 Å². The third-order valence-electron chi connectivity index (χ3n) is 3.30. The number of nitrogens with zero attached hydrogens (tertiary/aromatic N) is 1. The van der Waals surface area contributed by atoms with Crippen LogP contribution in [0.3, 0.4) is 0 Å². The van der Waals surface area contributed by atoms with Gasteiger partial charge in [-0.05, 0) is 24.5 Å². The molecule has 94 valence electrons. The molecular formula is C13H19ClN2O. The van der Waals surface area contributed by atoms with Gasteiger partial charge in [0.05, 0.1) is 5.02 Å². The van der Waals surface area contributed by atoms with Crippen molar-refractivity contribution in [3.8, 4) is 5.75 Å². The van der Waals surface area contributed by atoms with E-state index in [0.717, 1.165) is 50.3 Å². The molecule has 0 spiro atoms. The fraction of sp³-hybridized carbons (Fsp3) is 0.538. The minimum absolute atomic E-state index is 0.252. The molecular weight excluding hydrogens is 236 g/mol. The summed E-state index contributed by atoms with van der Waals surface area (Å²) in [5, 5.41) is 13.8. The molecule has 2 rings (SSSR count). The largest absolute Gasteiger partial charge is 0.506 e. The van der Waals surface area contributed by atoms with Crippen LogP contribution >= 0.6 is 11.6 Å². The Bertz CT molecular complexity index is 389. The van der Waals surface area contributed by atoms with Crippen LogP contribution in [0.25, 0.3) is 0 Å². The number of phenolic OH excluding ortho intramolecular Hbond substituents is 1. The Morgan fingerprint density at radius 2 is 2.06 bits per heavy atom. The first-order valence-electron chi connectivity index (χ1n) is 6.08. The van der Waals surface area contributed by atoms with E-state index in [1.165, 1.54) is 0 Å². The Labute approximate surface area is 107 Å². The first kappa shape index (κ1) is 12.7. The van der Waals surface area contributed by atoms with Gasteiger partial charge in [-0.2, -0.15) is 0 Å². The van der Waals surface area contributed by atoms with Crippen LogP contribution in [0, 0.1) is 6.92 Å². The molecule has 1 saturated heterocycles. The first-order chi connectivity index (χ1) is 8.18. The maximum Gasteiger partial charge on any atom is 0.137 e. The average Bonchev–Trinajstić information content (AvgIpc) is 2.36. The lowest BCUT2D eigenvalue weighted by Crippen LogP contribution is -2.44. The Kier molecular flexibility index (Phi) is 4.26. The van der Waals surface area contributed by atoms with Crippen LogP contribution in [0.2, 0.25) is 5.02 Å². The van der Waals surface area contributed by atoms with E-state index >= 15 is 0 Å². The minimum Gasteiger partial charge on any atom is -0.506 e. The monoisotopic (exact) mass is 254 g/mol. The fourth-order valence-electron chi connectivity index (χ4n) is 2.12. The summed E-state index contributed by atoms with van der Waals surface area (Å²) in [4.78, 5) is 2.41. The predicted octanol–water partition coefficient (Wildman–Crippen LogP) is 1.80. The smallest absolute Gasteiger partial charge is 0.137 e. The number of phenols is 1. The molecule has 4 heteroatoms. The van der Waals surface area contributed by atoms with Gasteiger partial charge in [-0.1, -0.05) is 23.7 Å². The second-order valence-corrected chi connectivity index (χ2v) is 4.92. The van der Waals surface area contributed by atoms with Crippen molar-refractivity contribution in [1.82, 2.24) is 10.2 Å². The number of halogens is 1. The van der Waals surface area contributed by atoms with Gasteiger partial charge in [0.2, 0.25) is 0 Å². The van der Waals surface area contributed by atoms with Gasteiger partial charge in [-0.3, -0.25) is 0 Å². The van der Waals surface area contributed by atoms with Gasteiger partial charge in [-0.25, -0.2) is 0 Å². The van der Waals surface area contributed by atoms with E-state index in [2.05, 4.69) is 10.2 Å². The van der Waals surface area contributed by atoms with Crippen molar-refractivity contribution in [1.29, 1.82) is 0 Å². The van der Waals surface area contributed by atoms with E-state index in [0.29, 0.717) is 5.02 Å². The molecule has 0 radical (unpaired) electrons. The molecule has 0 unspecified atom stereocenters. The Balaban J connectivity index is 1.96. The van der Waals surface area contributed by atoms with E-state index in [1.54, 1.807) is 0 Å². The molecule has 1 heterocycles. The van der Waals surface area contributed by atoms with Gasteiger partial charge in [0.15, 0.2) is 0 Å². The lowest BCUT2D eigenvalue weighted by Gasteiger charge is -2.27. The van der Waals surface area contributed by atoms with E-state index < -0.39 is 0 Å². The Morgan fingerprint density at radius 1 is 1.35 bits per heavy atom. The van der Waals surface area contributed by atoms with Crippen molar-refractivity contribution in [2.24, 2.45) is 0 Å². The molecule has 1 aliphatic heterocycles. The first-order valence-corrected chi connectivity index (χ1v) is 6.46. The molecule has 0 amide bonds. The molecule has 1 aliphatic rings. The van der Waals surface area contributed by atoms with Gasteiger partial charge in [0.25, 0.3) is 0 Å². The van der Waals surface area contributed by atoms with E-state index in [4.69, 9.17) is 11.6 Å². The molecule has 0 aliphatic carbocycles. The van der Waals surface area contributed by atoms with Crippen molar-refractivity contribution < 1.29 is 5.11 Å². The molecule has 1 aromatic carbocycles. The van der Waals surface area contributed by atoms with Crippen molar-refractivity contribution in [2.75, 3.05) is 32.7 Å². The Morgan fingerprint density at radius 3 is 2.76 bits per heavy atom. The average molecular weight is 255 g/mol. The fourth-order valence-corrected chi connectivity index (χ4v) is 2.30. The second kappa shape index (κ2) is 5.71. The lowest BCUT2D eigenvalue weighted by atomic mass is 10.1. The lowest BCUT2D eigenvalue weighted by molar-refractivity contribution is 0.243. The van der Waals surface area contributed by atoms with E-state index in [-0.39, 0.29) is 5.75 Å². The zero-order chi connectivity index (χ0) is 12.3. The van der Waals surface area contributed by atoms with Crippen LogP contribution in [0.1, 0.15) is 11.1 Å². The highest BCUT2D eigenvalue weighted by Gasteiger charge is 2.12. The van der Waals surface area contributed by atoms with Crippen molar-refractivity contribution >= 4 is 11.6 Å². The van der Waals surface area contributed by atoms with Crippen molar-refractivity contribution in [3.05, 3.63) is 28.3 Å². The predicted molar refractivity (Wildman–Crippen MR) is 70.9 cm³/mol. The highest BCUT2D eigenvalue weighted by atomic mass is 35.5. The van der Waals surface area contributed by atoms with Gasteiger partial charge in [0.1, 0.15) is 5.75 Å². The van der Waals surface area contributed by atoms with Crippen LogP contribution in [0.15, 0.2) is 12.1 Å². The number of aryl methyl sites for hydroxylation is 1. The van der Waals surface area contributed by atoms with Gasteiger partial charge in [0, 0.05) is 32.7 Å². The number of piperazine rings is 1. The highest BCUT2D eigenvalue weighted by Crippen LogP contribution is 2.30. The summed E-state index contributed by atoms with van der Waals surface area (Å²) >= 11 is 6.03. The summed E-state index contributed by atoms with van der Waals surface area (Å²) in [5.41, 5.74) is 1.87. The summed E-state index contributed by atoms with van der Waals surface area (Å²) in [6.07, 6.45) is 0.853. The molecule has 0 aromatic heterocycles. The van der Waals surface area contributed by atoms with E-state index in [9.17, 15) is 5.11 Å². The van der Waals surface area contributed by atoms with Gasteiger partial charge >= 0.3 is 0 Å². The highest BCUT2D eigenvalue weighted by molar-refractivity contribution is 6.32. The number of hydrogen-bond donors (Lipinski definition) is 2. The standard InChI is InChI=1S/C13H19ClN2O/c1-10-2-3-11(13(17)12(10)14)4-7-16-8-5-15-6-9-16/h2-3,15,17H,4-9H2,1H3. The summed E-state index contributed by atoms with van der Waals surface area (Å²) < 4.78 is 0. The molecule has 1 fully saturated rings. The molecule has 2 N–H and O–H groups in total. The SMILES string of the molecule is Cc1ccc(CCN2CCNCC2)c(O)c1Cl. The number of nitrogens with one attached hydrogen (secondary N) is 1. The summed E-state index contributed by atoms with van der Waals surface area (Å²) in [5.74, 6) is 0.252. The van der Waals surface area contributed by atoms with E-state index in [1.807, 2.05) is 19.1 Å². The molecule has 17 heavy (non-hydrogen) atoms. The van der Waals surface area contributed by atoms with Crippen LogP contribution in [-0.2, 0) is 6.42 Å². The zero-order valence-corrected chi connectivity index (χ0v) is 10.9. The molecule has 3 nitrogen and oxygen atoms in total. The van der Waals surface area contributed by atoms with Crippen LogP contribution in [0.4, 0.5) is 0 Å². The van der Waals surface area contributed by atoms with Gasteiger partial charge in [-0.15, -0.1) is 0 Å². The van der Waals surface area contributed by atoms with Crippen LogP contribution in [0.5, 0.6) is 5.75 Å². The quantitative estimate of drug-likeness (QED) is 0.864. The number of benzene rings is 1. The number of rotatable bonds is 3. The summed E-state index contributed by atoms with van der Waals surface area (Å²) in [7, 11) is 0.